The number of nitrogens with one attached hydrogen (secondary N) is 1. The van der Waals surface area contributed by atoms with Crippen molar-refractivity contribution in [2.75, 3.05) is 0 Å². The van der Waals surface area contributed by atoms with Crippen molar-refractivity contribution in [1.29, 1.82) is 5.26 Å². The Bertz CT molecular complexity index is 516. The Balaban J connectivity index is 2.22. The van der Waals surface area contributed by atoms with Crippen LogP contribution in [0.1, 0.15) is 19.3 Å². The average Bonchev–Trinajstić information content (AvgIpc) is 2.91. The van der Waals surface area contributed by atoms with Gasteiger partial charge in [-0.3, -0.25) is 9.78 Å². The Morgan fingerprint density at radius 3 is 2.80 bits per heavy atom. The van der Waals surface area contributed by atoms with Crippen LogP contribution in [0.4, 0.5) is 0 Å². The van der Waals surface area contributed by atoms with Crippen molar-refractivity contribution >= 4 is 0 Å². The van der Waals surface area contributed by atoms with Crippen LogP contribution in [-0.2, 0) is 6.54 Å². The number of hydrogen-bond acceptors (Lipinski definition) is 3. The highest BCUT2D eigenvalue weighted by atomic mass is 16.2. The zero-order valence-corrected chi connectivity index (χ0v) is 8.19. The number of aromatic nitrogens is 2. The van der Waals surface area contributed by atoms with Crippen molar-refractivity contribution in [3.8, 4) is 6.07 Å². The first kappa shape index (κ1) is 9.71. The summed E-state index contributed by atoms with van der Waals surface area (Å²) in [5.41, 5.74) is -0.815. The molecular formula is C10H11N3O2. The lowest BCUT2D eigenvalue weighted by atomic mass is 10.0. The maximum atomic E-state index is 11.4. The van der Waals surface area contributed by atoms with Crippen molar-refractivity contribution in [2.45, 2.75) is 25.8 Å². The highest BCUT2D eigenvalue weighted by molar-refractivity contribution is 5.00. The summed E-state index contributed by atoms with van der Waals surface area (Å²) in [6.07, 6.45) is 3.91. The van der Waals surface area contributed by atoms with E-state index in [4.69, 9.17) is 5.26 Å². The molecule has 5 heteroatoms. The Morgan fingerprint density at radius 2 is 2.27 bits per heavy atom. The van der Waals surface area contributed by atoms with Crippen molar-refractivity contribution in [2.24, 2.45) is 5.41 Å². The van der Waals surface area contributed by atoms with Crippen LogP contribution in [0, 0.1) is 16.7 Å². The molecule has 15 heavy (non-hydrogen) atoms. The largest absolute Gasteiger partial charge is 0.328 e. The predicted octanol–water partition coefficient (Wildman–Crippen LogP) is 0.230. The van der Waals surface area contributed by atoms with Crippen molar-refractivity contribution in [3.63, 3.8) is 0 Å². The number of rotatable bonds is 3. The highest BCUT2D eigenvalue weighted by Gasteiger charge is 2.42. The van der Waals surface area contributed by atoms with Gasteiger partial charge in [-0.2, -0.15) is 5.26 Å². The summed E-state index contributed by atoms with van der Waals surface area (Å²) < 4.78 is 1.46. The van der Waals surface area contributed by atoms with E-state index in [0.29, 0.717) is 13.0 Å². The molecular weight excluding hydrogens is 194 g/mol. The summed E-state index contributed by atoms with van der Waals surface area (Å²) in [6, 6.07) is 3.46. The maximum absolute atomic E-state index is 11.4. The van der Waals surface area contributed by atoms with Gasteiger partial charge in [-0.15, -0.1) is 0 Å². The van der Waals surface area contributed by atoms with Crippen LogP contribution in [-0.4, -0.2) is 9.55 Å². The van der Waals surface area contributed by atoms with Crippen LogP contribution >= 0.6 is 0 Å². The van der Waals surface area contributed by atoms with Gasteiger partial charge in [0.2, 0.25) is 0 Å². The van der Waals surface area contributed by atoms with E-state index in [9.17, 15) is 9.59 Å². The first-order valence-corrected chi connectivity index (χ1v) is 4.82. The molecule has 1 fully saturated rings. The Morgan fingerprint density at radius 1 is 1.53 bits per heavy atom. The van der Waals surface area contributed by atoms with Gasteiger partial charge in [0.15, 0.2) is 0 Å². The minimum atomic E-state index is -0.397. The Labute approximate surface area is 86.0 Å². The van der Waals surface area contributed by atoms with Gasteiger partial charge in [0.25, 0.3) is 5.56 Å². The molecule has 5 nitrogen and oxygen atoms in total. The van der Waals surface area contributed by atoms with E-state index >= 15 is 0 Å². The molecule has 0 saturated heterocycles. The second-order valence-electron chi connectivity index (χ2n) is 4.07. The van der Waals surface area contributed by atoms with Crippen LogP contribution in [0.3, 0.4) is 0 Å². The van der Waals surface area contributed by atoms with E-state index in [1.165, 1.54) is 16.8 Å². The number of nitrogens with zero attached hydrogens (tertiary/aromatic N) is 2. The van der Waals surface area contributed by atoms with E-state index in [1.54, 1.807) is 0 Å². The number of nitriles is 1. The minimum absolute atomic E-state index is 0.0309. The lowest BCUT2D eigenvalue weighted by Gasteiger charge is -2.11. The van der Waals surface area contributed by atoms with Gasteiger partial charge in [-0.1, -0.05) is 0 Å². The summed E-state index contributed by atoms with van der Waals surface area (Å²) in [6.45, 7) is 0.524. The topological polar surface area (TPSA) is 78.7 Å². The maximum Gasteiger partial charge on any atom is 0.328 e. The van der Waals surface area contributed by atoms with Crippen molar-refractivity contribution in [1.82, 2.24) is 9.55 Å². The Kier molecular flexibility index (Phi) is 2.19. The molecule has 1 aromatic rings. The lowest BCUT2D eigenvalue weighted by molar-refractivity contribution is 0.418. The molecule has 1 aromatic heterocycles. The summed E-state index contributed by atoms with van der Waals surface area (Å²) in [5, 5.41) is 8.64. The summed E-state index contributed by atoms with van der Waals surface area (Å²) >= 11 is 0. The van der Waals surface area contributed by atoms with Crippen molar-refractivity contribution < 1.29 is 0 Å². The molecule has 1 N–H and O–H groups in total. The van der Waals surface area contributed by atoms with Gasteiger partial charge in [-0.25, -0.2) is 4.79 Å². The molecule has 1 saturated carbocycles. The monoisotopic (exact) mass is 205 g/mol. The number of hydrogen-bond donors (Lipinski definition) is 1. The lowest BCUT2D eigenvalue weighted by Crippen LogP contribution is -2.31. The van der Waals surface area contributed by atoms with E-state index in [1.807, 2.05) is 0 Å². The molecule has 1 aliphatic rings. The fraction of sp³-hybridized carbons (Fsp3) is 0.500. The van der Waals surface area contributed by atoms with Crippen LogP contribution in [0.5, 0.6) is 0 Å². The molecule has 78 valence electrons. The molecule has 0 amide bonds. The highest BCUT2D eigenvalue weighted by Crippen LogP contribution is 2.49. The van der Waals surface area contributed by atoms with Crippen LogP contribution < -0.4 is 11.2 Å². The fourth-order valence-corrected chi connectivity index (χ4v) is 1.67. The molecule has 2 rings (SSSR count). The third-order valence-corrected chi connectivity index (χ3v) is 2.81. The Hall–Kier alpha value is -1.83. The first-order valence-electron chi connectivity index (χ1n) is 4.82. The van der Waals surface area contributed by atoms with E-state index < -0.39 is 5.69 Å². The number of H-pyrrole nitrogens is 1. The molecule has 0 radical (unpaired) electrons. The zero-order chi connectivity index (χ0) is 10.9. The SMILES string of the molecule is N#CCC1(Cn2ccc(=O)[nH]c2=O)CC1. The fourth-order valence-electron chi connectivity index (χ4n) is 1.67. The average molecular weight is 205 g/mol. The van der Waals surface area contributed by atoms with Gasteiger partial charge in [0, 0.05) is 30.6 Å². The molecule has 1 heterocycles. The normalized spacial score (nSPS) is 17.0. The molecule has 0 spiro atoms. The predicted molar refractivity (Wildman–Crippen MR) is 53.2 cm³/mol. The van der Waals surface area contributed by atoms with Crippen LogP contribution in [0.2, 0.25) is 0 Å². The molecule has 0 bridgehead atoms. The third kappa shape index (κ3) is 1.99. The quantitative estimate of drug-likeness (QED) is 0.767. The molecule has 1 aliphatic carbocycles. The first-order chi connectivity index (χ1) is 7.15. The summed E-state index contributed by atoms with van der Waals surface area (Å²) in [7, 11) is 0. The van der Waals surface area contributed by atoms with Gasteiger partial charge in [0.1, 0.15) is 0 Å². The second kappa shape index (κ2) is 3.39. The minimum Gasteiger partial charge on any atom is -0.300 e. The van der Waals surface area contributed by atoms with Crippen LogP contribution in [0.15, 0.2) is 21.9 Å². The summed E-state index contributed by atoms with van der Waals surface area (Å²) in [5.74, 6) is 0. The van der Waals surface area contributed by atoms with E-state index in [2.05, 4.69) is 11.1 Å². The molecule has 0 aliphatic heterocycles. The number of aromatic amines is 1. The van der Waals surface area contributed by atoms with Crippen LogP contribution in [0.25, 0.3) is 0 Å². The molecule has 0 aromatic carbocycles. The molecule has 0 unspecified atom stereocenters. The smallest absolute Gasteiger partial charge is 0.300 e. The van der Waals surface area contributed by atoms with Gasteiger partial charge in [0.05, 0.1) is 6.07 Å². The summed E-state index contributed by atoms with van der Waals surface area (Å²) in [4.78, 5) is 24.4. The van der Waals surface area contributed by atoms with Gasteiger partial charge >= 0.3 is 5.69 Å². The van der Waals surface area contributed by atoms with E-state index in [-0.39, 0.29) is 11.0 Å². The van der Waals surface area contributed by atoms with Gasteiger partial charge in [-0.05, 0) is 12.8 Å². The molecule has 0 atom stereocenters. The van der Waals surface area contributed by atoms with Crippen molar-refractivity contribution in [3.05, 3.63) is 33.1 Å². The third-order valence-electron chi connectivity index (χ3n) is 2.81. The standard InChI is InChI=1S/C10H11N3O2/c11-5-4-10(2-3-10)7-13-6-1-8(14)12-9(13)15/h1,6H,2-4,7H2,(H,12,14,15). The van der Waals surface area contributed by atoms with Gasteiger partial charge < -0.3 is 4.57 Å². The van der Waals surface area contributed by atoms with E-state index in [0.717, 1.165) is 12.8 Å². The zero-order valence-electron chi connectivity index (χ0n) is 8.19. The second-order valence-corrected chi connectivity index (χ2v) is 4.07.